The summed E-state index contributed by atoms with van der Waals surface area (Å²) in [4.78, 5) is 0. The summed E-state index contributed by atoms with van der Waals surface area (Å²) in [5.74, 6) is 0.698. The third kappa shape index (κ3) is 2.85. The lowest BCUT2D eigenvalue weighted by Crippen LogP contribution is -2.21. The van der Waals surface area contributed by atoms with Gasteiger partial charge in [0.25, 0.3) is 0 Å². The highest BCUT2D eigenvalue weighted by Gasteiger charge is 2.20. The van der Waals surface area contributed by atoms with Crippen molar-refractivity contribution >= 4 is 0 Å². The van der Waals surface area contributed by atoms with Crippen LogP contribution in [0.15, 0.2) is 24.3 Å². The predicted octanol–water partition coefficient (Wildman–Crippen LogP) is 3.97. The number of benzene rings is 1. The van der Waals surface area contributed by atoms with E-state index in [1.807, 2.05) is 0 Å². The summed E-state index contributed by atoms with van der Waals surface area (Å²) in [7, 11) is 0. The first-order chi connectivity index (χ1) is 7.77. The molecule has 0 saturated heterocycles. The predicted molar refractivity (Wildman–Crippen MR) is 69.3 cm³/mol. The van der Waals surface area contributed by atoms with E-state index in [1.165, 1.54) is 49.7 Å². The van der Waals surface area contributed by atoms with Gasteiger partial charge in [-0.05, 0) is 31.2 Å². The standard InChI is InChI=1S/C15H23N/c1-12-7-6-10-14(11-12)15(16)13-8-4-2-3-5-9-13/h6-7,10-11,13,15H,2-5,8-9,16H2,1H3. The maximum atomic E-state index is 6.41. The molecule has 0 bridgehead atoms. The van der Waals surface area contributed by atoms with Gasteiger partial charge in [0.2, 0.25) is 0 Å². The molecule has 0 amide bonds. The molecule has 0 aliphatic heterocycles. The van der Waals surface area contributed by atoms with Crippen molar-refractivity contribution in [2.45, 2.75) is 51.5 Å². The van der Waals surface area contributed by atoms with Gasteiger partial charge in [0.15, 0.2) is 0 Å². The minimum Gasteiger partial charge on any atom is -0.324 e. The lowest BCUT2D eigenvalue weighted by atomic mass is 9.87. The van der Waals surface area contributed by atoms with Crippen LogP contribution in [0.4, 0.5) is 0 Å². The van der Waals surface area contributed by atoms with Gasteiger partial charge in [-0.25, -0.2) is 0 Å². The van der Waals surface area contributed by atoms with Crippen molar-refractivity contribution in [1.82, 2.24) is 0 Å². The molecule has 1 fully saturated rings. The van der Waals surface area contributed by atoms with Gasteiger partial charge in [0.1, 0.15) is 0 Å². The van der Waals surface area contributed by atoms with Gasteiger partial charge < -0.3 is 5.73 Å². The van der Waals surface area contributed by atoms with Gasteiger partial charge >= 0.3 is 0 Å². The molecule has 1 aromatic rings. The van der Waals surface area contributed by atoms with E-state index >= 15 is 0 Å². The first kappa shape index (κ1) is 11.7. The Morgan fingerprint density at radius 3 is 2.44 bits per heavy atom. The lowest BCUT2D eigenvalue weighted by molar-refractivity contribution is 0.382. The molecule has 1 unspecified atom stereocenters. The number of rotatable bonds is 2. The minimum atomic E-state index is 0.248. The van der Waals surface area contributed by atoms with Crippen LogP contribution in [-0.4, -0.2) is 0 Å². The van der Waals surface area contributed by atoms with E-state index in [1.54, 1.807) is 0 Å². The molecular formula is C15H23N. The summed E-state index contributed by atoms with van der Waals surface area (Å²) in [5, 5.41) is 0. The zero-order valence-electron chi connectivity index (χ0n) is 10.3. The summed E-state index contributed by atoms with van der Waals surface area (Å²) < 4.78 is 0. The molecule has 2 N–H and O–H groups in total. The van der Waals surface area contributed by atoms with Gasteiger partial charge in [-0.15, -0.1) is 0 Å². The molecule has 0 heterocycles. The third-order valence-corrected chi connectivity index (χ3v) is 3.83. The highest BCUT2D eigenvalue weighted by atomic mass is 14.7. The number of hydrogen-bond donors (Lipinski definition) is 1. The van der Waals surface area contributed by atoms with Crippen LogP contribution in [-0.2, 0) is 0 Å². The van der Waals surface area contributed by atoms with E-state index in [0.29, 0.717) is 5.92 Å². The molecule has 1 saturated carbocycles. The first-order valence-electron chi connectivity index (χ1n) is 6.59. The number of aryl methyl sites for hydroxylation is 1. The summed E-state index contributed by atoms with van der Waals surface area (Å²) in [6.45, 7) is 2.14. The van der Waals surface area contributed by atoms with E-state index < -0.39 is 0 Å². The van der Waals surface area contributed by atoms with Crippen molar-refractivity contribution in [3.05, 3.63) is 35.4 Å². The monoisotopic (exact) mass is 217 g/mol. The normalized spacial score (nSPS) is 20.4. The zero-order valence-corrected chi connectivity index (χ0v) is 10.3. The van der Waals surface area contributed by atoms with Gasteiger partial charge in [-0.1, -0.05) is 55.5 Å². The van der Waals surface area contributed by atoms with Crippen molar-refractivity contribution in [3.8, 4) is 0 Å². The Hall–Kier alpha value is -0.820. The summed E-state index contributed by atoms with van der Waals surface area (Å²) in [6.07, 6.45) is 8.16. The van der Waals surface area contributed by atoms with Gasteiger partial charge in [0, 0.05) is 6.04 Å². The molecule has 1 aromatic carbocycles. The maximum Gasteiger partial charge on any atom is 0.0323 e. The number of hydrogen-bond acceptors (Lipinski definition) is 1. The van der Waals surface area contributed by atoms with E-state index in [9.17, 15) is 0 Å². The van der Waals surface area contributed by atoms with Crippen LogP contribution in [0.1, 0.15) is 55.7 Å². The van der Waals surface area contributed by atoms with Crippen LogP contribution in [0.2, 0.25) is 0 Å². The fourth-order valence-corrected chi connectivity index (χ4v) is 2.82. The second-order valence-electron chi connectivity index (χ2n) is 5.19. The highest BCUT2D eigenvalue weighted by molar-refractivity contribution is 5.25. The minimum absolute atomic E-state index is 0.248. The van der Waals surface area contributed by atoms with Crippen LogP contribution < -0.4 is 5.73 Å². The molecule has 0 radical (unpaired) electrons. The van der Waals surface area contributed by atoms with Crippen molar-refractivity contribution in [3.63, 3.8) is 0 Å². The smallest absolute Gasteiger partial charge is 0.0323 e. The molecule has 16 heavy (non-hydrogen) atoms. The second-order valence-corrected chi connectivity index (χ2v) is 5.19. The maximum absolute atomic E-state index is 6.41. The average Bonchev–Trinajstić information content (AvgIpc) is 2.56. The zero-order chi connectivity index (χ0) is 11.4. The van der Waals surface area contributed by atoms with Gasteiger partial charge in [-0.3, -0.25) is 0 Å². The molecular weight excluding hydrogens is 194 g/mol. The van der Waals surface area contributed by atoms with E-state index in [-0.39, 0.29) is 6.04 Å². The van der Waals surface area contributed by atoms with E-state index in [4.69, 9.17) is 5.73 Å². The van der Waals surface area contributed by atoms with Crippen LogP contribution in [0.3, 0.4) is 0 Å². The SMILES string of the molecule is Cc1cccc(C(N)C2CCCCCC2)c1. The fraction of sp³-hybridized carbons (Fsp3) is 0.600. The van der Waals surface area contributed by atoms with E-state index in [2.05, 4.69) is 31.2 Å². The lowest BCUT2D eigenvalue weighted by Gasteiger charge is -2.23. The second kappa shape index (κ2) is 5.49. The van der Waals surface area contributed by atoms with Crippen LogP contribution in [0.25, 0.3) is 0 Å². The Labute approximate surface area is 99.0 Å². The highest BCUT2D eigenvalue weighted by Crippen LogP contribution is 2.32. The van der Waals surface area contributed by atoms with Crippen LogP contribution in [0.5, 0.6) is 0 Å². The average molecular weight is 217 g/mol. The quantitative estimate of drug-likeness (QED) is 0.745. The van der Waals surface area contributed by atoms with Crippen LogP contribution in [0, 0.1) is 12.8 Å². The largest absolute Gasteiger partial charge is 0.324 e. The van der Waals surface area contributed by atoms with E-state index in [0.717, 1.165) is 0 Å². The Bertz CT molecular complexity index is 324. The molecule has 1 atom stereocenters. The summed E-state index contributed by atoms with van der Waals surface area (Å²) in [5.41, 5.74) is 9.05. The number of nitrogens with two attached hydrogens (primary N) is 1. The van der Waals surface area contributed by atoms with Crippen LogP contribution >= 0.6 is 0 Å². The topological polar surface area (TPSA) is 26.0 Å². The van der Waals surface area contributed by atoms with Crippen molar-refractivity contribution in [2.24, 2.45) is 11.7 Å². The Kier molecular flexibility index (Phi) is 4.00. The first-order valence-corrected chi connectivity index (χ1v) is 6.59. The molecule has 0 aromatic heterocycles. The van der Waals surface area contributed by atoms with Crippen molar-refractivity contribution in [2.75, 3.05) is 0 Å². The Morgan fingerprint density at radius 1 is 1.12 bits per heavy atom. The summed E-state index contributed by atoms with van der Waals surface area (Å²) in [6, 6.07) is 8.95. The van der Waals surface area contributed by atoms with Gasteiger partial charge in [0.05, 0.1) is 0 Å². The van der Waals surface area contributed by atoms with Crippen molar-refractivity contribution < 1.29 is 0 Å². The molecule has 0 spiro atoms. The molecule has 1 aliphatic carbocycles. The third-order valence-electron chi connectivity index (χ3n) is 3.83. The molecule has 1 aliphatic rings. The molecule has 2 rings (SSSR count). The molecule has 1 heteroatoms. The molecule has 88 valence electrons. The Morgan fingerprint density at radius 2 is 1.81 bits per heavy atom. The molecule has 1 nitrogen and oxygen atoms in total. The van der Waals surface area contributed by atoms with Crippen molar-refractivity contribution in [1.29, 1.82) is 0 Å². The fourth-order valence-electron chi connectivity index (χ4n) is 2.82. The Balaban J connectivity index is 2.07. The summed E-state index contributed by atoms with van der Waals surface area (Å²) >= 11 is 0. The van der Waals surface area contributed by atoms with Gasteiger partial charge in [-0.2, -0.15) is 0 Å².